The molecule has 0 aliphatic heterocycles. The summed E-state index contributed by atoms with van der Waals surface area (Å²) in [6, 6.07) is 10.3. The average molecular weight is 150 g/mol. The van der Waals surface area contributed by atoms with Gasteiger partial charge in [0.15, 0.2) is 0 Å². The molecule has 0 heterocycles. The highest BCUT2D eigenvalue weighted by Crippen LogP contribution is 1.96. The first-order valence-electron chi connectivity index (χ1n) is 3.74. The summed E-state index contributed by atoms with van der Waals surface area (Å²) in [7, 11) is 3.98. The van der Waals surface area contributed by atoms with Crippen molar-refractivity contribution in [2.24, 2.45) is 0 Å². The third kappa shape index (κ3) is 3.16. The van der Waals surface area contributed by atoms with E-state index in [2.05, 4.69) is 17.6 Å². The molecule has 1 aromatic rings. The van der Waals surface area contributed by atoms with Crippen LogP contribution in [0.3, 0.4) is 0 Å². The third-order valence-electron chi connectivity index (χ3n) is 1.44. The van der Waals surface area contributed by atoms with E-state index in [4.69, 9.17) is 0 Å². The molecule has 0 aliphatic rings. The quantitative estimate of drug-likeness (QED) is 0.504. The van der Waals surface area contributed by atoms with E-state index in [1.807, 2.05) is 37.3 Å². The molecule has 0 aliphatic carbocycles. The van der Waals surface area contributed by atoms with Crippen LogP contribution in [-0.2, 0) is 6.54 Å². The highest BCUT2D eigenvalue weighted by atomic mass is 15.5. The van der Waals surface area contributed by atoms with Crippen molar-refractivity contribution in [3.8, 4) is 0 Å². The minimum absolute atomic E-state index is 0.897. The molecule has 2 nitrogen and oxygen atoms in total. The molecule has 0 atom stereocenters. The number of hydrogen-bond acceptors (Lipinski definition) is 2. The molecular formula is C9H14N2+. The van der Waals surface area contributed by atoms with Crippen LogP contribution in [0.4, 0.5) is 0 Å². The van der Waals surface area contributed by atoms with Gasteiger partial charge in [-0.25, -0.2) is 0 Å². The molecule has 0 saturated carbocycles. The summed E-state index contributed by atoms with van der Waals surface area (Å²) in [6.45, 7) is 0.897. The molecule has 0 spiro atoms. The van der Waals surface area contributed by atoms with Crippen LogP contribution in [0, 0.1) is 0 Å². The number of hydrazine groups is 1. The maximum Gasteiger partial charge on any atom is 0.134 e. The van der Waals surface area contributed by atoms with Crippen molar-refractivity contribution in [2.45, 2.75) is 6.54 Å². The van der Waals surface area contributed by atoms with Crippen LogP contribution in [0.15, 0.2) is 30.3 Å². The SMILES string of the molecule is C[N+](C)NCc1ccccc1. The van der Waals surface area contributed by atoms with Gasteiger partial charge in [-0.1, -0.05) is 35.3 Å². The molecule has 1 rings (SSSR count). The summed E-state index contributed by atoms with van der Waals surface area (Å²) < 4.78 is 0. The fourth-order valence-electron chi connectivity index (χ4n) is 0.845. The van der Waals surface area contributed by atoms with E-state index >= 15 is 0 Å². The van der Waals surface area contributed by atoms with E-state index in [9.17, 15) is 0 Å². The van der Waals surface area contributed by atoms with E-state index in [1.165, 1.54) is 5.56 Å². The topological polar surface area (TPSA) is 17.9 Å². The van der Waals surface area contributed by atoms with Gasteiger partial charge in [-0.3, -0.25) is 0 Å². The van der Waals surface area contributed by atoms with Gasteiger partial charge in [-0.15, -0.1) is 5.43 Å². The number of benzene rings is 1. The van der Waals surface area contributed by atoms with Crippen LogP contribution < -0.4 is 10.4 Å². The zero-order valence-corrected chi connectivity index (χ0v) is 7.04. The van der Waals surface area contributed by atoms with E-state index < -0.39 is 0 Å². The predicted octanol–water partition coefficient (Wildman–Crippen LogP) is 1.09. The second-order valence-corrected chi connectivity index (χ2v) is 2.71. The number of rotatable bonds is 3. The van der Waals surface area contributed by atoms with Crippen LogP contribution in [0.5, 0.6) is 0 Å². The standard InChI is InChI=1S/C9H14N2/c1-11(2)10-8-9-6-4-3-5-7-9/h3-7,10H,8H2,1-2H3/q+1. The zero-order valence-electron chi connectivity index (χ0n) is 7.04. The van der Waals surface area contributed by atoms with E-state index in [1.54, 1.807) is 0 Å². The maximum atomic E-state index is 3.20. The van der Waals surface area contributed by atoms with E-state index in [0.717, 1.165) is 6.54 Å². The number of nitrogens with zero attached hydrogens (tertiary/aromatic N) is 1. The first-order valence-corrected chi connectivity index (χ1v) is 3.74. The van der Waals surface area contributed by atoms with Gasteiger partial charge in [0.25, 0.3) is 0 Å². The van der Waals surface area contributed by atoms with Crippen LogP contribution in [0.25, 0.3) is 0 Å². The fourth-order valence-corrected chi connectivity index (χ4v) is 0.845. The molecule has 0 unspecified atom stereocenters. The Morgan fingerprint density at radius 3 is 2.36 bits per heavy atom. The summed E-state index contributed by atoms with van der Waals surface area (Å²) in [5.41, 5.74) is 4.50. The van der Waals surface area contributed by atoms with Crippen molar-refractivity contribution in [2.75, 3.05) is 14.1 Å². The lowest BCUT2D eigenvalue weighted by Gasteiger charge is -2.01. The average Bonchev–Trinajstić information content (AvgIpc) is 2.03. The van der Waals surface area contributed by atoms with Gasteiger partial charge < -0.3 is 0 Å². The van der Waals surface area contributed by atoms with Crippen molar-refractivity contribution < 1.29 is 0 Å². The van der Waals surface area contributed by atoms with Gasteiger partial charge in [0, 0.05) is 0 Å². The van der Waals surface area contributed by atoms with Gasteiger partial charge >= 0.3 is 0 Å². The Morgan fingerprint density at radius 1 is 1.18 bits per heavy atom. The number of hydrogen-bond donors (Lipinski definition) is 1. The predicted molar refractivity (Wildman–Crippen MR) is 47.3 cm³/mol. The molecule has 0 aromatic heterocycles. The molecule has 1 N–H and O–H groups in total. The first-order chi connectivity index (χ1) is 5.29. The Labute approximate surface area is 67.8 Å². The Kier molecular flexibility index (Phi) is 3.08. The van der Waals surface area contributed by atoms with E-state index in [-0.39, 0.29) is 0 Å². The third-order valence-corrected chi connectivity index (χ3v) is 1.44. The lowest BCUT2D eigenvalue weighted by atomic mass is 10.2. The summed E-state index contributed by atoms with van der Waals surface area (Å²) in [6.07, 6.45) is 0. The van der Waals surface area contributed by atoms with Crippen molar-refractivity contribution in [1.82, 2.24) is 10.4 Å². The van der Waals surface area contributed by atoms with Crippen LogP contribution in [-0.4, -0.2) is 14.1 Å². The molecule has 1 radical (unpaired) electrons. The van der Waals surface area contributed by atoms with Gasteiger partial charge in [0.05, 0.1) is 6.54 Å². The van der Waals surface area contributed by atoms with Crippen molar-refractivity contribution >= 4 is 0 Å². The molecule has 0 bridgehead atoms. The van der Waals surface area contributed by atoms with Crippen LogP contribution in [0.2, 0.25) is 0 Å². The molecule has 2 heteroatoms. The molecule has 0 amide bonds. The normalized spacial score (nSPS) is 10.5. The highest BCUT2D eigenvalue weighted by Gasteiger charge is 1.96. The summed E-state index contributed by atoms with van der Waals surface area (Å²) in [5.74, 6) is 0. The smallest absolute Gasteiger partial charge is 0.115 e. The lowest BCUT2D eigenvalue weighted by molar-refractivity contribution is 0.418. The Morgan fingerprint density at radius 2 is 1.82 bits per heavy atom. The maximum absolute atomic E-state index is 3.20. The van der Waals surface area contributed by atoms with Gasteiger partial charge in [0.2, 0.25) is 0 Å². The summed E-state index contributed by atoms with van der Waals surface area (Å²) >= 11 is 0. The Hall–Kier alpha value is -0.860. The molecule has 1 aromatic carbocycles. The summed E-state index contributed by atoms with van der Waals surface area (Å²) in [4.78, 5) is 0. The molecule has 0 fully saturated rings. The second kappa shape index (κ2) is 4.11. The fraction of sp³-hybridized carbons (Fsp3) is 0.333. The monoisotopic (exact) mass is 150 g/mol. The molecule has 11 heavy (non-hydrogen) atoms. The van der Waals surface area contributed by atoms with Crippen molar-refractivity contribution in [3.05, 3.63) is 35.9 Å². The molecular weight excluding hydrogens is 136 g/mol. The van der Waals surface area contributed by atoms with Crippen molar-refractivity contribution in [1.29, 1.82) is 0 Å². The molecule has 59 valence electrons. The minimum atomic E-state index is 0.897. The Bertz CT molecular complexity index is 194. The number of nitrogens with one attached hydrogen (secondary N) is 1. The lowest BCUT2D eigenvalue weighted by Crippen LogP contribution is -2.35. The van der Waals surface area contributed by atoms with Gasteiger partial charge in [0.1, 0.15) is 14.1 Å². The Balaban J connectivity index is 2.39. The second-order valence-electron chi connectivity index (χ2n) is 2.71. The highest BCUT2D eigenvalue weighted by molar-refractivity contribution is 5.13. The zero-order chi connectivity index (χ0) is 8.10. The first kappa shape index (κ1) is 8.24. The minimum Gasteiger partial charge on any atom is -0.115 e. The van der Waals surface area contributed by atoms with Crippen LogP contribution >= 0.6 is 0 Å². The van der Waals surface area contributed by atoms with Crippen LogP contribution in [0.1, 0.15) is 5.56 Å². The largest absolute Gasteiger partial charge is 0.134 e. The van der Waals surface area contributed by atoms with E-state index in [0.29, 0.717) is 0 Å². The van der Waals surface area contributed by atoms with Gasteiger partial charge in [-0.2, -0.15) is 0 Å². The summed E-state index contributed by atoms with van der Waals surface area (Å²) in [5, 5.41) is 1.95. The van der Waals surface area contributed by atoms with Crippen molar-refractivity contribution in [3.63, 3.8) is 0 Å². The van der Waals surface area contributed by atoms with Gasteiger partial charge in [-0.05, 0) is 5.56 Å². The molecule has 0 saturated heterocycles.